The van der Waals surface area contributed by atoms with Crippen LogP contribution >= 0.6 is 23.1 Å². The average Bonchev–Trinajstić information content (AvgIpc) is 3.58. The summed E-state index contributed by atoms with van der Waals surface area (Å²) in [5.74, 6) is 2.30. The van der Waals surface area contributed by atoms with Gasteiger partial charge in [-0.2, -0.15) is 0 Å². The molecule has 6 aliphatic rings. The Labute approximate surface area is 223 Å². The Morgan fingerprint density at radius 2 is 1.95 bits per heavy atom. The van der Waals surface area contributed by atoms with Crippen LogP contribution in [-0.2, 0) is 21.9 Å². The van der Waals surface area contributed by atoms with Gasteiger partial charge in [0.1, 0.15) is 11.0 Å². The van der Waals surface area contributed by atoms with E-state index < -0.39 is 23.8 Å². The molecule has 10 heteroatoms. The van der Waals surface area contributed by atoms with Crippen LogP contribution in [-0.4, -0.2) is 45.6 Å². The highest BCUT2D eigenvalue weighted by atomic mass is 32.2. The van der Waals surface area contributed by atoms with Crippen molar-refractivity contribution in [1.29, 1.82) is 0 Å². The van der Waals surface area contributed by atoms with Gasteiger partial charge in [0, 0.05) is 29.3 Å². The van der Waals surface area contributed by atoms with Gasteiger partial charge in [-0.15, -0.1) is 23.1 Å². The van der Waals surface area contributed by atoms with E-state index in [1.807, 2.05) is 6.07 Å². The Morgan fingerprint density at radius 3 is 2.78 bits per heavy atom. The van der Waals surface area contributed by atoms with E-state index in [1.54, 1.807) is 23.5 Å². The molecular formula is C27H28N4O4S2. The number of thioether (sulfide) groups is 1. The number of aromatic nitrogens is 1. The van der Waals surface area contributed by atoms with E-state index >= 15 is 0 Å². The number of nitrogens with zero attached hydrogens (tertiary/aromatic N) is 2. The zero-order valence-corrected chi connectivity index (χ0v) is 21.9. The van der Waals surface area contributed by atoms with E-state index in [0.29, 0.717) is 27.8 Å². The molecule has 1 aromatic heterocycles. The van der Waals surface area contributed by atoms with Gasteiger partial charge in [-0.05, 0) is 67.9 Å². The van der Waals surface area contributed by atoms with Gasteiger partial charge in [0.15, 0.2) is 0 Å². The number of carbonyl (C=O) groups excluding carboxylic acids is 4. The molecule has 6 unspecified atom stereocenters. The van der Waals surface area contributed by atoms with Crippen molar-refractivity contribution < 1.29 is 19.2 Å². The molecule has 4 aliphatic carbocycles. The van der Waals surface area contributed by atoms with E-state index in [2.05, 4.69) is 16.0 Å². The molecule has 0 radical (unpaired) electrons. The van der Waals surface area contributed by atoms with Crippen LogP contribution in [0, 0.1) is 23.7 Å². The molecule has 2 aromatic rings. The summed E-state index contributed by atoms with van der Waals surface area (Å²) in [5.41, 5.74) is 1.71. The number of rotatable bonds is 7. The molecule has 4 saturated carbocycles. The fourth-order valence-corrected chi connectivity index (χ4v) is 9.40. The lowest BCUT2D eigenvalue weighted by Crippen LogP contribution is -2.54. The van der Waals surface area contributed by atoms with Crippen molar-refractivity contribution in [2.75, 3.05) is 0 Å². The van der Waals surface area contributed by atoms with E-state index in [1.165, 1.54) is 37.4 Å². The van der Waals surface area contributed by atoms with Gasteiger partial charge in [0.05, 0.1) is 22.6 Å². The van der Waals surface area contributed by atoms with Gasteiger partial charge in [-0.3, -0.25) is 29.4 Å². The number of carbonyl (C=O) groups is 4. The molecule has 8 nitrogen and oxygen atoms in total. The van der Waals surface area contributed by atoms with Crippen LogP contribution in [0.25, 0.3) is 0 Å². The summed E-state index contributed by atoms with van der Waals surface area (Å²) >= 11 is 3.10. The third-order valence-corrected chi connectivity index (χ3v) is 11.1. The van der Waals surface area contributed by atoms with Crippen molar-refractivity contribution in [2.24, 2.45) is 23.7 Å². The SMILES string of the molecule is O=C1CCC(N2C(=O)c3cccc(SCc4nc(CNC5C6CC7CC(C6)C5C7)cs4)c3C2=O)C(=O)N1. The molecule has 3 heterocycles. The first kappa shape index (κ1) is 23.5. The molecule has 4 amide bonds. The summed E-state index contributed by atoms with van der Waals surface area (Å²) in [6.45, 7) is 0.796. The maximum Gasteiger partial charge on any atom is 0.263 e. The Morgan fingerprint density at radius 1 is 1.08 bits per heavy atom. The fourth-order valence-electron chi connectivity index (χ4n) is 7.52. The average molecular weight is 537 g/mol. The normalized spacial score (nSPS) is 31.9. The summed E-state index contributed by atoms with van der Waals surface area (Å²) in [6.07, 6.45) is 5.91. The van der Waals surface area contributed by atoms with Crippen LogP contribution in [0.3, 0.4) is 0 Å². The maximum atomic E-state index is 13.3. The monoisotopic (exact) mass is 536 g/mol. The molecule has 192 valence electrons. The second kappa shape index (κ2) is 9.03. The second-order valence-electron chi connectivity index (χ2n) is 11.0. The predicted octanol–water partition coefficient (Wildman–Crippen LogP) is 3.36. The zero-order valence-electron chi connectivity index (χ0n) is 20.3. The summed E-state index contributed by atoms with van der Waals surface area (Å²) in [7, 11) is 0. The minimum Gasteiger partial charge on any atom is -0.308 e. The van der Waals surface area contributed by atoms with Crippen molar-refractivity contribution in [3.63, 3.8) is 0 Å². The Balaban J connectivity index is 1.01. The van der Waals surface area contributed by atoms with Crippen molar-refractivity contribution in [3.8, 4) is 0 Å². The largest absolute Gasteiger partial charge is 0.308 e. The molecule has 1 aromatic carbocycles. The molecule has 4 bridgehead atoms. The molecule has 0 spiro atoms. The van der Waals surface area contributed by atoms with Crippen molar-refractivity contribution in [1.82, 2.24) is 20.5 Å². The third kappa shape index (κ3) is 3.95. The molecule has 2 aliphatic heterocycles. The number of thiazole rings is 1. The quantitative estimate of drug-likeness (QED) is 0.413. The lowest BCUT2D eigenvalue weighted by atomic mass is 9.79. The molecule has 37 heavy (non-hydrogen) atoms. The number of benzene rings is 1. The van der Waals surface area contributed by atoms with E-state index in [4.69, 9.17) is 4.98 Å². The van der Waals surface area contributed by atoms with Gasteiger partial charge in [0.25, 0.3) is 11.8 Å². The summed E-state index contributed by atoms with van der Waals surface area (Å²) < 4.78 is 0. The number of amides is 4. The molecule has 5 fully saturated rings. The lowest BCUT2D eigenvalue weighted by Gasteiger charge is -2.32. The standard InChI is InChI=1S/C27H28N4O4S2/c32-21-5-4-19(25(33)30-21)31-26(34)17-2-1-3-20(23(17)27(31)35)36-12-22-29-16(11-37-22)10-28-24-15-7-13-6-14(9-15)18(24)8-13/h1-3,11,13-15,18-19,24,28H,4-10,12H2,(H,30,32,33). The van der Waals surface area contributed by atoms with Crippen molar-refractivity contribution in [3.05, 3.63) is 45.4 Å². The highest BCUT2D eigenvalue weighted by molar-refractivity contribution is 7.98. The van der Waals surface area contributed by atoms with Gasteiger partial charge in [-0.1, -0.05) is 6.07 Å². The van der Waals surface area contributed by atoms with Crippen molar-refractivity contribution >= 4 is 46.7 Å². The minimum absolute atomic E-state index is 0.107. The zero-order chi connectivity index (χ0) is 25.3. The number of hydrogen-bond acceptors (Lipinski definition) is 8. The van der Waals surface area contributed by atoms with Crippen LogP contribution in [0.15, 0.2) is 28.5 Å². The summed E-state index contributed by atoms with van der Waals surface area (Å²) in [4.78, 5) is 56.8. The summed E-state index contributed by atoms with van der Waals surface area (Å²) in [5, 5.41) is 9.16. The summed E-state index contributed by atoms with van der Waals surface area (Å²) in [6, 6.07) is 4.91. The molecule has 2 N–H and O–H groups in total. The Kier molecular flexibility index (Phi) is 5.74. The lowest BCUT2D eigenvalue weighted by molar-refractivity contribution is -0.136. The van der Waals surface area contributed by atoms with Crippen LogP contribution in [0.2, 0.25) is 0 Å². The van der Waals surface area contributed by atoms with Gasteiger partial charge < -0.3 is 5.32 Å². The molecule has 1 saturated heterocycles. The van der Waals surface area contributed by atoms with Crippen LogP contribution in [0.5, 0.6) is 0 Å². The van der Waals surface area contributed by atoms with Crippen LogP contribution in [0.1, 0.15) is 69.9 Å². The first-order valence-corrected chi connectivity index (χ1v) is 15.0. The first-order valence-electron chi connectivity index (χ1n) is 13.1. The van der Waals surface area contributed by atoms with E-state index in [0.717, 1.165) is 45.8 Å². The van der Waals surface area contributed by atoms with Crippen LogP contribution < -0.4 is 10.6 Å². The number of hydrogen-bond donors (Lipinski definition) is 2. The smallest absolute Gasteiger partial charge is 0.263 e. The topological polar surface area (TPSA) is 108 Å². The highest BCUT2D eigenvalue weighted by Gasteiger charge is 2.53. The van der Waals surface area contributed by atoms with E-state index in [-0.39, 0.29) is 18.7 Å². The Hall–Kier alpha value is -2.56. The van der Waals surface area contributed by atoms with Crippen LogP contribution in [0.4, 0.5) is 0 Å². The third-order valence-electron chi connectivity index (χ3n) is 8.96. The number of piperidine rings is 1. The van der Waals surface area contributed by atoms with Gasteiger partial charge >= 0.3 is 0 Å². The number of imide groups is 2. The van der Waals surface area contributed by atoms with Gasteiger partial charge in [-0.25, -0.2) is 4.98 Å². The highest BCUT2D eigenvalue weighted by Crippen LogP contribution is 2.58. The maximum absolute atomic E-state index is 13.3. The Bertz CT molecular complexity index is 1320. The molecular weight excluding hydrogens is 508 g/mol. The van der Waals surface area contributed by atoms with E-state index in [9.17, 15) is 19.2 Å². The minimum atomic E-state index is -0.956. The second-order valence-corrected chi connectivity index (χ2v) is 13.0. The number of nitrogens with one attached hydrogen (secondary N) is 2. The molecule has 6 atom stereocenters. The van der Waals surface area contributed by atoms with Crippen molar-refractivity contribution in [2.45, 2.75) is 67.8 Å². The predicted molar refractivity (Wildman–Crippen MR) is 138 cm³/mol. The van der Waals surface area contributed by atoms with Gasteiger partial charge in [0.2, 0.25) is 11.8 Å². The first-order chi connectivity index (χ1) is 18.0. The molecule has 8 rings (SSSR count). The number of fused-ring (bicyclic) bond motifs is 1. The fraction of sp³-hybridized carbons (Fsp3) is 0.519.